The zero-order valence-corrected chi connectivity index (χ0v) is 13.2. The average molecular weight is 326 g/mol. The number of likely N-dealkylation sites (tertiary alicyclic amines) is 1. The summed E-state index contributed by atoms with van der Waals surface area (Å²) >= 11 is 0. The van der Waals surface area contributed by atoms with Crippen LogP contribution in [0.1, 0.15) is 40.6 Å². The molecule has 0 radical (unpaired) electrons. The molecule has 1 aliphatic heterocycles. The van der Waals surface area contributed by atoms with Crippen LogP contribution in [0.2, 0.25) is 0 Å². The van der Waals surface area contributed by atoms with Gasteiger partial charge in [0.05, 0.1) is 6.04 Å². The molecule has 124 valence electrons. The van der Waals surface area contributed by atoms with E-state index < -0.39 is 6.09 Å². The van der Waals surface area contributed by atoms with Crippen LogP contribution < -0.4 is 5.73 Å². The Kier molecular flexibility index (Phi) is 3.53. The predicted molar refractivity (Wildman–Crippen MR) is 88.5 cm³/mol. The van der Waals surface area contributed by atoms with Crippen LogP contribution in [-0.2, 0) is 6.42 Å². The highest BCUT2D eigenvalue weighted by atomic mass is 19.1. The first-order chi connectivity index (χ1) is 11.6. The first-order valence-electron chi connectivity index (χ1n) is 8.17. The molecule has 0 spiro atoms. The van der Waals surface area contributed by atoms with E-state index in [9.17, 15) is 14.3 Å². The molecule has 0 aromatic heterocycles. The average Bonchev–Trinajstić information content (AvgIpc) is 2.91. The van der Waals surface area contributed by atoms with Crippen molar-refractivity contribution < 1.29 is 14.3 Å². The van der Waals surface area contributed by atoms with Gasteiger partial charge in [0.2, 0.25) is 0 Å². The van der Waals surface area contributed by atoms with Crippen LogP contribution in [0.4, 0.5) is 9.18 Å². The number of hydrogen-bond donors (Lipinski definition) is 2. The molecule has 2 aliphatic rings. The predicted octanol–water partition coefficient (Wildman–Crippen LogP) is 3.27. The zero-order chi connectivity index (χ0) is 16.8. The standard InChI is InChI=1S/C19H19FN2O2/c20-13-6-5-12-7-11-3-1-2-4-15(11)17-9-14(10-21)22(19(23)24)18(17)16(12)8-13/h1-6,8,14,17-18H,7,9-10,21H2,(H,23,24)/t14-,17-,18-/m1/s1. The third kappa shape index (κ3) is 2.19. The molecular weight excluding hydrogens is 307 g/mol. The highest BCUT2D eigenvalue weighted by Crippen LogP contribution is 2.50. The van der Waals surface area contributed by atoms with Gasteiger partial charge in [0.1, 0.15) is 5.82 Å². The molecule has 4 rings (SSSR count). The highest BCUT2D eigenvalue weighted by molar-refractivity contribution is 5.68. The Labute approximate surface area is 139 Å². The number of carbonyl (C=O) groups is 1. The summed E-state index contributed by atoms with van der Waals surface area (Å²) in [6.45, 7) is 0.270. The number of rotatable bonds is 1. The number of amides is 1. The van der Waals surface area contributed by atoms with Crippen molar-refractivity contribution in [2.24, 2.45) is 5.73 Å². The second kappa shape index (κ2) is 5.60. The van der Waals surface area contributed by atoms with Crippen molar-refractivity contribution in [2.45, 2.75) is 30.8 Å². The molecule has 1 amide bonds. The first-order valence-corrected chi connectivity index (χ1v) is 8.17. The van der Waals surface area contributed by atoms with Gasteiger partial charge in [-0.3, -0.25) is 4.90 Å². The summed E-state index contributed by atoms with van der Waals surface area (Å²) in [6, 6.07) is 12.2. The number of carboxylic acid groups (broad SMARTS) is 1. The number of nitrogens with zero attached hydrogens (tertiary/aromatic N) is 1. The Balaban J connectivity index is 1.96. The fourth-order valence-electron chi connectivity index (χ4n) is 4.37. The van der Waals surface area contributed by atoms with Gasteiger partial charge in [0.15, 0.2) is 0 Å². The van der Waals surface area contributed by atoms with Crippen LogP contribution in [0.25, 0.3) is 0 Å². The van der Waals surface area contributed by atoms with E-state index in [0.29, 0.717) is 12.8 Å². The molecule has 2 aromatic carbocycles. The topological polar surface area (TPSA) is 66.6 Å². The number of benzene rings is 2. The van der Waals surface area contributed by atoms with E-state index in [1.807, 2.05) is 12.1 Å². The summed E-state index contributed by atoms with van der Waals surface area (Å²) in [4.78, 5) is 13.4. The highest BCUT2D eigenvalue weighted by Gasteiger charge is 2.47. The molecule has 1 heterocycles. The van der Waals surface area contributed by atoms with Crippen molar-refractivity contribution in [2.75, 3.05) is 6.54 Å². The van der Waals surface area contributed by atoms with Gasteiger partial charge >= 0.3 is 6.09 Å². The quantitative estimate of drug-likeness (QED) is 0.845. The van der Waals surface area contributed by atoms with Gasteiger partial charge in [0, 0.05) is 18.5 Å². The van der Waals surface area contributed by atoms with Crippen LogP contribution >= 0.6 is 0 Å². The van der Waals surface area contributed by atoms with Gasteiger partial charge in [-0.05, 0) is 47.2 Å². The van der Waals surface area contributed by atoms with E-state index in [4.69, 9.17) is 5.73 Å². The maximum Gasteiger partial charge on any atom is 0.408 e. The summed E-state index contributed by atoms with van der Waals surface area (Å²) in [5.41, 5.74) is 9.94. The molecule has 3 N–H and O–H groups in total. The van der Waals surface area contributed by atoms with Crippen molar-refractivity contribution in [3.8, 4) is 0 Å². The lowest BCUT2D eigenvalue weighted by Gasteiger charge is -2.29. The van der Waals surface area contributed by atoms with Crippen LogP contribution in [0.3, 0.4) is 0 Å². The summed E-state index contributed by atoms with van der Waals surface area (Å²) in [5, 5.41) is 9.77. The Bertz CT molecular complexity index is 808. The van der Waals surface area contributed by atoms with Crippen LogP contribution in [0.5, 0.6) is 0 Å². The minimum absolute atomic E-state index is 0.00824. The summed E-state index contributed by atoms with van der Waals surface area (Å²) in [6.07, 6.45) is 0.368. The van der Waals surface area contributed by atoms with E-state index in [0.717, 1.165) is 16.7 Å². The monoisotopic (exact) mass is 326 g/mol. The fourth-order valence-corrected chi connectivity index (χ4v) is 4.37. The van der Waals surface area contributed by atoms with Gasteiger partial charge in [-0.25, -0.2) is 9.18 Å². The minimum Gasteiger partial charge on any atom is -0.465 e. The van der Waals surface area contributed by atoms with Crippen molar-refractivity contribution in [3.05, 3.63) is 70.5 Å². The van der Waals surface area contributed by atoms with E-state index in [1.54, 1.807) is 6.07 Å². The van der Waals surface area contributed by atoms with Crippen LogP contribution in [0.15, 0.2) is 42.5 Å². The minimum atomic E-state index is -0.993. The lowest BCUT2D eigenvalue weighted by molar-refractivity contribution is 0.121. The number of fused-ring (bicyclic) bond motifs is 5. The molecule has 1 fully saturated rings. The molecule has 5 heteroatoms. The number of halogens is 1. The van der Waals surface area contributed by atoms with Crippen molar-refractivity contribution in [1.82, 2.24) is 4.90 Å². The van der Waals surface area contributed by atoms with E-state index >= 15 is 0 Å². The second-order valence-electron chi connectivity index (χ2n) is 6.59. The van der Waals surface area contributed by atoms with E-state index in [2.05, 4.69) is 12.1 Å². The SMILES string of the molecule is NC[C@H]1C[C@@H]2c3ccccc3Cc3ccc(F)cc3[C@H]2N1C(=O)O. The lowest BCUT2D eigenvalue weighted by atomic mass is 9.87. The summed E-state index contributed by atoms with van der Waals surface area (Å²) < 4.78 is 13.9. The third-order valence-corrected chi connectivity index (χ3v) is 5.36. The van der Waals surface area contributed by atoms with E-state index in [1.165, 1.54) is 22.6 Å². The maximum absolute atomic E-state index is 13.9. The Hall–Kier alpha value is -2.40. The molecule has 0 saturated carbocycles. The summed E-state index contributed by atoms with van der Waals surface area (Å²) in [7, 11) is 0. The molecule has 2 aromatic rings. The van der Waals surface area contributed by atoms with Crippen molar-refractivity contribution in [1.29, 1.82) is 0 Å². The van der Waals surface area contributed by atoms with E-state index in [-0.39, 0.29) is 30.4 Å². The Morgan fingerprint density at radius 3 is 2.71 bits per heavy atom. The normalized spacial score (nSPS) is 24.8. The maximum atomic E-state index is 13.9. The molecule has 4 nitrogen and oxygen atoms in total. The first kappa shape index (κ1) is 15.1. The molecule has 0 bridgehead atoms. The number of nitrogens with two attached hydrogens (primary N) is 1. The number of hydrogen-bond acceptors (Lipinski definition) is 2. The Morgan fingerprint density at radius 2 is 1.96 bits per heavy atom. The molecule has 1 saturated heterocycles. The van der Waals surface area contributed by atoms with Crippen LogP contribution in [-0.4, -0.2) is 28.7 Å². The van der Waals surface area contributed by atoms with Gasteiger partial charge in [0.25, 0.3) is 0 Å². The molecule has 24 heavy (non-hydrogen) atoms. The largest absolute Gasteiger partial charge is 0.465 e. The summed E-state index contributed by atoms with van der Waals surface area (Å²) in [5.74, 6) is -0.325. The smallest absolute Gasteiger partial charge is 0.408 e. The molecule has 1 aliphatic carbocycles. The molecular formula is C19H19FN2O2. The molecule has 0 unspecified atom stereocenters. The van der Waals surface area contributed by atoms with Gasteiger partial charge in [-0.15, -0.1) is 0 Å². The van der Waals surface area contributed by atoms with Crippen molar-refractivity contribution in [3.63, 3.8) is 0 Å². The zero-order valence-electron chi connectivity index (χ0n) is 13.2. The van der Waals surface area contributed by atoms with Gasteiger partial charge in [-0.1, -0.05) is 30.3 Å². The van der Waals surface area contributed by atoms with Crippen molar-refractivity contribution >= 4 is 6.09 Å². The second-order valence-corrected chi connectivity index (χ2v) is 6.59. The molecule has 3 atom stereocenters. The van der Waals surface area contributed by atoms with Gasteiger partial charge in [-0.2, -0.15) is 0 Å². The lowest BCUT2D eigenvalue weighted by Crippen LogP contribution is -2.40. The fraction of sp³-hybridized carbons (Fsp3) is 0.316. The van der Waals surface area contributed by atoms with Gasteiger partial charge < -0.3 is 10.8 Å². The Morgan fingerprint density at radius 1 is 1.21 bits per heavy atom. The van der Waals surface area contributed by atoms with Crippen LogP contribution in [0, 0.1) is 5.82 Å². The third-order valence-electron chi connectivity index (χ3n) is 5.36.